The molecule has 6 heteroatoms. The maximum atomic E-state index is 11.8. The summed E-state index contributed by atoms with van der Waals surface area (Å²) in [5, 5.41) is 0.893. The van der Waals surface area contributed by atoms with E-state index in [0.29, 0.717) is 15.8 Å². The van der Waals surface area contributed by atoms with Crippen LogP contribution in [0.2, 0.25) is 10.0 Å². The van der Waals surface area contributed by atoms with Crippen molar-refractivity contribution in [2.75, 3.05) is 12.0 Å². The first-order chi connectivity index (χ1) is 9.47. The number of halogens is 2. The fourth-order valence-electron chi connectivity index (χ4n) is 1.74. The first kappa shape index (κ1) is 14.8. The maximum Gasteiger partial charge on any atom is 0.276 e. The maximum absolute atomic E-state index is 11.8. The average Bonchev–Trinajstić information content (AvgIpc) is 2.69. The monoisotopic (exact) mass is 312 g/mol. The van der Waals surface area contributed by atoms with Gasteiger partial charge in [-0.2, -0.15) is 0 Å². The summed E-state index contributed by atoms with van der Waals surface area (Å²) < 4.78 is 7.07. The van der Waals surface area contributed by atoms with E-state index in [0.717, 1.165) is 11.4 Å². The minimum Gasteiger partial charge on any atom is -0.482 e. The van der Waals surface area contributed by atoms with Crippen LogP contribution >= 0.6 is 23.2 Å². The zero-order valence-corrected chi connectivity index (χ0v) is 12.6. The molecule has 0 aliphatic carbocycles. The standard InChI is InChI=1S/C14H14Cl2N2O2/c1-9-3-4-10(2)18(9)17-14(19)8-20-13-6-5-11(15)7-12(13)16/h3-7H,8H2,1-2H3,(H,17,19). The van der Waals surface area contributed by atoms with E-state index in [1.54, 1.807) is 22.9 Å². The molecular weight excluding hydrogens is 299 g/mol. The summed E-state index contributed by atoms with van der Waals surface area (Å²) in [5.74, 6) is 0.158. The van der Waals surface area contributed by atoms with Gasteiger partial charge in [0.05, 0.1) is 5.02 Å². The fourth-order valence-corrected chi connectivity index (χ4v) is 2.20. The SMILES string of the molecule is Cc1ccc(C)n1NC(=O)COc1ccc(Cl)cc1Cl. The van der Waals surface area contributed by atoms with E-state index in [-0.39, 0.29) is 12.5 Å². The van der Waals surface area contributed by atoms with Crippen LogP contribution in [0.1, 0.15) is 11.4 Å². The van der Waals surface area contributed by atoms with Crippen LogP contribution in [0, 0.1) is 13.8 Å². The summed E-state index contributed by atoms with van der Waals surface area (Å²) in [5.41, 5.74) is 4.63. The Hall–Kier alpha value is -1.65. The Bertz CT molecular complexity index is 619. The zero-order chi connectivity index (χ0) is 14.7. The van der Waals surface area contributed by atoms with Gasteiger partial charge in [-0.25, -0.2) is 0 Å². The number of rotatable bonds is 4. The van der Waals surface area contributed by atoms with Crippen LogP contribution in [0.25, 0.3) is 0 Å². The Kier molecular flexibility index (Phi) is 4.57. The van der Waals surface area contributed by atoms with Crippen molar-refractivity contribution in [3.63, 3.8) is 0 Å². The van der Waals surface area contributed by atoms with Crippen molar-refractivity contribution < 1.29 is 9.53 Å². The highest BCUT2D eigenvalue weighted by molar-refractivity contribution is 6.35. The molecule has 20 heavy (non-hydrogen) atoms. The quantitative estimate of drug-likeness (QED) is 0.938. The molecule has 4 nitrogen and oxygen atoms in total. The minimum absolute atomic E-state index is 0.127. The molecule has 0 aliphatic rings. The van der Waals surface area contributed by atoms with Crippen molar-refractivity contribution in [2.45, 2.75) is 13.8 Å². The Balaban J connectivity index is 1.96. The predicted molar refractivity (Wildman–Crippen MR) is 80.2 cm³/mol. The third kappa shape index (κ3) is 3.46. The molecule has 2 aromatic rings. The number of aromatic nitrogens is 1. The number of benzene rings is 1. The average molecular weight is 313 g/mol. The molecular formula is C14H14Cl2N2O2. The molecule has 0 atom stereocenters. The van der Waals surface area contributed by atoms with Gasteiger partial charge in [0, 0.05) is 16.4 Å². The van der Waals surface area contributed by atoms with Crippen molar-refractivity contribution in [3.8, 4) is 5.75 Å². The Morgan fingerprint density at radius 2 is 1.85 bits per heavy atom. The smallest absolute Gasteiger partial charge is 0.276 e. The number of aryl methyl sites for hydroxylation is 2. The molecule has 1 heterocycles. The highest BCUT2D eigenvalue weighted by atomic mass is 35.5. The van der Waals surface area contributed by atoms with Gasteiger partial charge >= 0.3 is 0 Å². The largest absolute Gasteiger partial charge is 0.482 e. The van der Waals surface area contributed by atoms with Crippen LogP contribution in [-0.4, -0.2) is 17.2 Å². The number of nitrogens with one attached hydrogen (secondary N) is 1. The molecule has 0 saturated carbocycles. The van der Waals surface area contributed by atoms with Gasteiger partial charge in [0.1, 0.15) is 5.75 Å². The van der Waals surface area contributed by atoms with Gasteiger partial charge in [0.2, 0.25) is 0 Å². The summed E-state index contributed by atoms with van der Waals surface area (Å²) in [6.45, 7) is 3.69. The molecule has 0 saturated heterocycles. The lowest BCUT2D eigenvalue weighted by Gasteiger charge is -2.12. The van der Waals surface area contributed by atoms with Crippen LogP contribution in [-0.2, 0) is 4.79 Å². The molecule has 2 rings (SSSR count). The molecule has 0 unspecified atom stereocenters. The zero-order valence-electron chi connectivity index (χ0n) is 11.1. The number of amides is 1. The second kappa shape index (κ2) is 6.20. The molecule has 0 radical (unpaired) electrons. The predicted octanol–water partition coefficient (Wildman–Crippen LogP) is 3.56. The Morgan fingerprint density at radius 3 is 2.45 bits per heavy atom. The summed E-state index contributed by atoms with van der Waals surface area (Å²) in [6, 6.07) is 8.70. The van der Waals surface area contributed by atoms with Crippen LogP contribution in [0.4, 0.5) is 0 Å². The topological polar surface area (TPSA) is 43.3 Å². The Labute approximate surface area is 127 Å². The second-order valence-electron chi connectivity index (χ2n) is 4.35. The van der Waals surface area contributed by atoms with E-state index in [1.165, 1.54) is 0 Å². The molecule has 0 spiro atoms. The summed E-state index contributed by atoms with van der Waals surface area (Å²) in [7, 11) is 0. The van der Waals surface area contributed by atoms with E-state index in [4.69, 9.17) is 27.9 Å². The van der Waals surface area contributed by atoms with Crippen molar-refractivity contribution >= 4 is 29.1 Å². The van der Waals surface area contributed by atoms with E-state index in [2.05, 4.69) is 5.43 Å². The molecule has 0 aliphatic heterocycles. The normalized spacial score (nSPS) is 10.4. The van der Waals surface area contributed by atoms with Gasteiger partial charge in [0.15, 0.2) is 6.61 Å². The van der Waals surface area contributed by atoms with Gasteiger partial charge in [-0.1, -0.05) is 23.2 Å². The number of carbonyl (C=O) groups excluding carboxylic acids is 1. The Morgan fingerprint density at radius 1 is 1.20 bits per heavy atom. The molecule has 0 bridgehead atoms. The van der Waals surface area contributed by atoms with Crippen LogP contribution in [0.15, 0.2) is 30.3 Å². The molecule has 1 N–H and O–H groups in total. The van der Waals surface area contributed by atoms with Gasteiger partial charge in [-0.3, -0.25) is 14.9 Å². The first-order valence-corrected chi connectivity index (χ1v) is 6.75. The molecule has 1 aromatic heterocycles. The fraction of sp³-hybridized carbons (Fsp3) is 0.214. The van der Waals surface area contributed by atoms with Crippen molar-refractivity contribution in [1.29, 1.82) is 0 Å². The number of ether oxygens (including phenoxy) is 1. The van der Waals surface area contributed by atoms with Gasteiger partial charge in [-0.15, -0.1) is 0 Å². The molecule has 0 fully saturated rings. The number of nitrogens with zero attached hydrogens (tertiary/aromatic N) is 1. The molecule has 1 amide bonds. The van der Waals surface area contributed by atoms with Gasteiger partial charge in [-0.05, 0) is 44.2 Å². The third-order valence-corrected chi connectivity index (χ3v) is 3.29. The molecule has 1 aromatic carbocycles. The van der Waals surface area contributed by atoms with E-state index in [9.17, 15) is 4.79 Å². The first-order valence-electron chi connectivity index (χ1n) is 6.00. The highest BCUT2D eigenvalue weighted by Gasteiger charge is 2.08. The summed E-state index contributed by atoms with van der Waals surface area (Å²) >= 11 is 11.7. The van der Waals surface area contributed by atoms with Crippen molar-refractivity contribution in [1.82, 2.24) is 4.68 Å². The van der Waals surface area contributed by atoms with E-state index >= 15 is 0 Å². The lowest BCUT2D eigenvalue weighted by molar-refractivity contribution is -0.119. The van der Waals surface area contributed by atoms with Crippen molar-refractivity contribution in [3.05, 3.63) is 51.8 Å². The third-order valence-electron chi connectivity index (χ3n) is 2.76. The number of hydrogen-bond donors (Lipinski definition) is 1. The van der Waals surface area contributed by atoms with E-state index < -0.39 is 0 Å². The highest BCUT2D eigenvalue weighted by Crippen LogP contribution is 2.27. The van der Waals surface area contributed by atoms with Crippen molar-refractivity contribution in [2.24, 2.45) is 0 Å². The van der Waals surface area contributed by atoms with Gasteiger partial charge in [0.25, 0.3) is 5.91 Å². The summed E-state index contributed by atoms with van der Waals surface area (Å²) in [6.07, 6.45) is 0. The minimum atomic E-state index is -0.265. The lowest BCUT2D eigenvalue weighted by atomic mass is 10.3. The van der Waals surface area contributed by atoms with Crippen LogP contribution < -0.4 is 10.2 Å². The van der Waals surface area contributed by atoms with Gasteiger partial charge < -0.3 is 4.74 Å². The number of hydrogen-bond acceptors (Lipinski definition) is 2. The second-order valence-corrected chi connectivity index (χ2v) is 5.19. The summed E-state index contributed by atoms with van der Waals surface area (Å²) in [4.78, 5) is 11.8. The molecule has 106 valence electrons. The number of carbonyl (C=O) groups is 1. The van der Waals surface area contributed by atoms with E-state index in [1.807, 2.05) is 26.0 Å². The lowest BCUT2D eigenvalue weighted by Crippen LogP contribution is -2.29. The van der Waals surface area contributed by atoms with Crippen LogP contribution in [0.3, 0.4) is 0 Å². The van der Waals surface area contributed by atoms with Crippen LogP contribution in [0.5, 0.6) is 5.75 Å².